The van der Waals surface area contributed by atoms with Crippen molar-refractivity contribution in [2.24, 2.45) is 0 Å². The lowest BCUT2D eigenvalue weighted by Gasteiger charge is -2.47. The molecule has 3 fully saturated rings. The van der Waals surface area contributed by atoms with Gasteiger partial charge in [-0.2, -0.15) is 4.72 Å². The molecular weight excluding hydrogens is 688 g/mol. The molecule has 0 radical (unpaired) electrons. The first kappa shape index (κ1) is 37.2. The number of likely N-dealkylation sites (tertiary alicyclic amines) is 1. The number of aliphatic hydroxyl groups excluding tert-OH is 1. The maximum Gasteiger partial charge on any atom is 0.241 e. The molecule has 2 atom stereocenters. The molecule has 13 heteroatoms. The maximum atomic E-state index is 14.3. The lowest BCUT2D eigenvalue weighted by molar-refractivity contribution is -0.135. The number of carbonyl (C=O) groups excluding carboxylic acids is 2. The molecule has 6 rings (SSSR count). The van der Waals surface area contributed by atoms with Crippen LogP contribution in [-0.2, 0) is 32.6 Å². The Balaban J connectivity index is 1.19. The molecule has 2 heterocycles. The number of rotatable bonds is 12. The third-order valence-corrected chi connectivity index (χ3v) is 12.3. The maximum absolute atomic E-state index is 14.3. The normalized spacial score (nSPS) is 20.4. The molecule has 1 aliphatic carbocycles. The Morgan fingerprint density at radius 3 is 2.22 bits per heavy atom. The van der Waals surface area contributed by atoms with Crippen LogP contribution in [0.5, 0.6) is 0 Å². The summed E-state index contributed by atoms with van der Waals surface area (Å²) in [5.41, 5.74) is 1.89. The van der Waals surface area contributed by atoms with Crippen molar-refractivity contribution >= 4 is 39.1 Å². The number of carbonyl (C=O) groups is 2. The molecule has 0 bridgehead atoms. The first-order chi connectivity index (χ1) is 24.6. The number of sulfonamides is 1. The van der Waals surface area contributed by atoms with Crippen LogP contribution in [0.25, 0.3) is 0 Å². The predicted molar refractivity (Wildman–Crippen MR) is 199 cm³/mol. The molecule has 2 aliphatic heterocycles. The summed E-state index contributed by atoms with van der Waals surface area (Å²) in [6, 6.07) is 22.6. The third kappa shape index (κ3) is 8.76. The van der Waals surface area contributed by atoms with Crippen LogP contribution in [0.4, 0.5) is 5.69 Å². The first-order valence-corrected chi connectivity index (χ1v) is 19.8. The van der Waals surface area contributed by atoms with Crippen molar-refractivity contribution in [3.63, 3.8) is 0 Å². The van der Waals surface area contributed by atoms with Gasteiger partial charge in [0.2, 0.25) is 21.8 Å². The Labute approximate surface area is 306 Å². The second kappa shape index (κ2) is 16.4. The van der Waals surface area contributed by atoms with E-state index in [4.69, 9.17) is 11.6 Å². The number of hydrogen-bond donors (Lipinski definition) is 4. The van der Waals surface area contributed by atoms with Gasteiger partial charge in [-0.1, -0.05) is 73.3 Å². The number of para-hydroxylation sites is 1. The molecule has 1 spiro atoms. The van der Waals surface area contributed by atoms with E-state index in [1.807, 2.05) is 42.3 Å². The van der Waals surface area contributed by atoms with Crippen LogP contribution < -0.4 is 20.3 Å². The summed E-state index contributed by atoms with van der Waals surface area (Å²) in [6.45, 7) is 1.65. The zero-order chi connectivity index (χ0) is 36.0. The Bertz CT molecular complexity index is 1730. The van der Waals surface area contributed by atoms with E-state index in [2.05, 4.69) is 20.3 Å². The van der Waals surface area contributed by atoms with Crippen LogP contribution >= 0.6 is 11.6 Å². The Kier molecular flexibility index (Phi) is 12.0. The van der Waals surface area contributed by atoms with Crippen LogP contribution in [0.3, 0.4) is 0 Å². The molecule has 11 nitrogen and oxygen atoms in total. The number of amides is 2. The number of aliphatic hydroxyl groups is 1. The van der Waals surface area contributed by atoms with Crippen molar-refractivity contribution in [2.75, 3.05) is 38.3 Å². The zero-order valence-electron chi connectivity index (χ0n) is 29.1. The van der Waals surface area contributed by atoms with Gasteiger partial charge in [-0.3, -0.25) is 9.59 Å². The largest absolute Gasteiger partial charge is 0.376 e. The molecule has 4 N–H and O–H groups in total. The SMILES string of the molecule is CNCc1ccc(S(=O)(=O)NC(Cc2ccc(Cl)cc2)C(=O)N2CCC3(CC2)C(O)N(CC(=O)NC2CCCCC2)CN3c2ccccc2)cc1. The average Bonchev–Trinajstić information content (AvgIpc) is 3.39. The molecule has 3 aliphatic rings. The second-order valence-corrected chi connectivity index (χ2v) is 16.2. The summed E-state index contributed by atoms with van der Waals surface area (Å²) in [5.74, 6) is -0.426. The highest BCUT2D eigenvalue weighted by Gasteiger charge is 2.54. The number of benzene rings is 3. The third-order valence-electron chi connectivity index (χ3n) is 10.6. The summed E-state index contributed by atoms with van der Waals surface area (Å²) in [5, 5.41) is 18.7. The van der Waals surface area contributed by atoms with Crippen molar-refractivity contribution in [1.29, 1.82) is 0 Å². The molecule has 3 aromatic rings. The van der Waals surface area contributed by atoms with Gasteiger partial charge in [-0.15, -0.1) is 0 Å². The summed E-state index contributed by atoms with van der Waals surface area (Å²) in [7, 11) is -2.22. The topological polar surface area (TPSA) is 134 Å². The Hall–Kier alpha value is -3.52. The number of anilines is 1. The van der Waals surface area contributed by atoms with E-state index in [9.17, 15) is 23.1 Å². The van der Waals surface area contributed by atoms with E-state index < -0.39 is 27.8 Å². The fraction of sp³-hybridized carbons (Fsp3) is 0.474. The van der Waals surface area contributed by atoms with E-state index in [0.29, 0.717) is 44.2 Å². The van der Waals surface area contributed by atoms with Crippen LogP contribution in [-0.4, -0.2) is 92.3 Å². The highest BCUT2D eigenvalue weighted by atomic mass is 35.5. The number of hydrogen-bond acceptors (Lipinski definition) is 8. The smallest absolute Gasteiger partial charge is 0.241 e. The lowest BCUT2D eigenvalue weighted by atomic mass is 9.84. The van der Waals surface area contributed by atoms with Crippen molar-refractivity contribution in [3.05, 3.63) is 95.0 Å². The molecule has 51 heavy (non-hydrogen) atoms. The monoisotopic (exact) mass is 736 g/mol. The molecule has 2 unspecified atom stereocenters. The summed E-state index contributed by atoms with van der Waals surface area (Å²) < 4.78 is 30.0. The molecule has 274 valence electrons. The number of nitrogens with zero attached hydrogens (tertiary/aromatic N) is 3. The summed E-state index contributed by atoms with van der Waals surface area (Å²) in [4.78, 5) is 33.2. The second-order valence-electron chi connectivity index (χ2n) is 14.0. The van der Waals surface area contributed by atoms with E-state index in [0.717, 1.165) is 42.5 Å². The summed E-state index contributed by atoms with van der Waals surface area (Å²) in [6.07, 6.45) is 5.45. The average molecular weight is 737 g/mol. The van der Waals surface area contributed by atoms with Crippen LogP contribution in [0.1, 0.15) is 56.1 Å². The van der Waals surface area contributed by atoms with Gasteiger partial charge < -0.3 is 25.5 Å². The van der Waals surface area contributed by atoms with E-state index in [-0.39, 0.29) is 35.7 Å². The fourth-order valence-corrected chi connectivity index (χ4v) is 9.13. The minimum absolute atomic E-state index is 0.0757. The zero-order valence-corrected chi connectivity index (χ0v) is 30.7. The van der Waals surface area contributed by atoms with Crippen LogP contribution in [0.15, 0.2) is 83.8 Å². The predicted octanol–water partition coefficient (Wildman–Crippen LogP) is 3.86. The fourth-order valence-electron chi connectivity index (χ4n) is 7.81. The van der Waals surface area contributed by atoms with Gasteiger partial charge in [-0.25, -0.2) is 13.3 Å². The number of piperidine rings is 1. The molecule has 0 aromatic heterocycles. The van der Waals surface area contributed by atoms with Gasteiger partial charge >= 0.3 is 0 Å². The van der Waals surface area contributed by atoms with E-state index in [1.165, 1.54) is 6.42 Å². The highest BCUT2D eigenvalue weighted by molar-refractivity contribution is 7.89. The lowest BCUT2D eigenvalue weighted by Crippen LogP contribution is -2.61. The van der Waals surface area contributed by atoms with Crippen LogP contribution in [0.2, 0.25) is 5.02 Å². The van der Waals surface area contributed by atoms with Crippen molar-refractivity contribution < 1.29 is 23.1 Å². The van der Waals surface area contributed by atoms with E-state index >= 15 is 0 Å². The molecule has 2 saturated heterocycles. The minimum atomic E-state index is -4.05. The Morgan fingerprint density at radius 2 is 1.57 bits per heavy atom. The molecule has 3 aromatic carbocycles. The Morgan fingerprint density at radius 1 is 0.922 bits per heavy atom. The number of nitrogens with one attached hydrogen (secondary N) is 3. The van der Waals surface area contributed by atoms with E-state index in [1.54, 1.807) is 53.4 Å². The quantitative estimate of drug-likeness (QED) is 0.221. The first-order valence-electron chi connectivity index (χ1n) is 17.9. The van der Waals surface area contributed by atoms with Gasteiger partial charge in [0.1, 0.15) is 12.3 Å². The molecule has 2 amide bonds. The molecular formula is C38H49ClN6O5S. The standard InChI is InChI=1S/C38H49ClN6O5S/c1-40-25-29-14-18-33(19-15-29)51(49,50)42-34(24-28-12-16-30(39)17-13-28)36(47)43-22-20-38(21-23-43)37(48)44(27-45(38)32-10-6-3-7-11-32)26-35(46)41-31-8-4-2-5-9-31/h3,6-7,10-19,31,34,37,40,42,48H,2,4-5,8-9,20-27H2,1H3,(H,41,46). The van der Waals surface area contributed by atoms with Gasteiger partial charge in [-0.05, 0) is 86.7 Å². The number of halogens is 1. The van der Waals surface area contributed by atoms with Gasteiger partial charge in [0.05, 0.1) is 23.6 Å². The summed E-state index contributed by atoms with van der Waals surface area (Å²) >= 11 is 6.12. The molecule has 1 saturated carbocycles. The van der Waals surface area contributed by atoms with Gasteiger partial charge in [0.15, 0.2) is 0 Å². The minimum Gasteiger partial charge on any atom is -0.376 e. The highest BCUT2D eigenvalue weighted by Crippen LogP contribution is 2.42. The van der Waals surface area contributed by atoms with Crippen molar-refractivity contribution in [1.82, 2.24) is 25.2 Å². The van der Waals surface area contributed by atoms with Crippen LogP contribution in [0, 0.1) is 0 Å². The van der Waals surface area contributed by atoms with Gasteiger partial charge in [0, 0.05) is 36.4 Å². The van der Waals surface area contributed by atoms with Crippen molar-refractivity contribution in [2.45, 2.75) is 86.7 Å². The van der Waals surface area contributed by atoms with Gasteiger partial charge in [0.25, 0.3) is 0 Å². The van der Waals surface area contributed by atoms with Crippen molar-refractivity contribution in [3.8, 4) is 0 Å².